The number of hydrogen-bond acceptors (Lipinski definition) is 4. The van der Waals surface area contributed by atoms with Crippen LogP contribution in [0, 0.1) is 0 Å². The number of nitrogens with one attached hydrogen (secondary N) is 2. The van der Waals surface area contributed by atoms with Crippen molar-refractivity contribution in [2.24, 2.45) is 0 Å². The lowest BCUT2D eigenvalue weighted by Gasteiger charge is -2.27. The Kier molecular flexibility index (Phi) is 5.13. The number of rotatable bonds is 1. The second-order valence-electron chi connectivity index (χ2n) is 3.96. The summed E-state index contributed by atoms with van der Waals surface area (Å²) in [5.41, 5.74) is 2.74. The topological polar surface area (TPSA) is 81.7 Å². The molecule has 1 unspecified atom stereocenters. The predicted octanol–water partition coefficient (Wildman–Crippen LogP) is 0.451. The van der Waals surface area contributed by atoms with E-state index in [1.165, 1.54) is 4.90 Å². The first-order valence-electron chi connectivity index (χ1n) is 5.54. The van der Waals surface area contributed by atoms with E-state index in [2.05, 4.69) is 5.32 Å². The Morgan fingerprint density at radius 2 is 1.94 bits per heavy atom. The summed E-state index contributed by atoms with van der Waals surface area (Å²) >= 11 is 0. The monoisotopic (exact) mass is 251 g/mol. The zero-order valence-corrected chi connectivity index (χ0v) is 10.4. The number of piperazine rings is 1. The van der Waals surface area contributed by atoms with Crippen LogP contribution in [0.25, 0.3) is 0 Å². The average Bonchev–Trinajstić information content (AvgIpc) is 2.37. The summed E-state index contributed by atoms with van der Waals surface area (Å²) < 4.78 is 0. The van der Waals surface area contributed by atoms with Crippen LogP contribution in [0.4, 0.5) is 5.69 Å². The van der Waals surface area contributed by atoms with Crippen LogP contribution in [0.3, 0.4) is 0 Å². The van der Waals surface area contributed by atoms with Gasteiger partial charge in [0, 0.05) is 7.05 Å². The highest BCUT2D eigenvalue weighted by molar-refractivity contribution is 5.94. The SMILES string of the molecule is CC1NC(=O)CN(C)C1=O.ONc1ccccc1. The maximum atomic E-state index is 11.0. The van der Waals surface area contributed by atoms with Gasteiger partial charge in [-0.3, -0.25) is 20.3 Å². The Morgan fingerprint density at radius 1 is 1.33 bits per heavy atom. The molecule has 0 spiro atoms. The molecule has 18 heavy (non-hydrogen) atoms. The van der Waals surface area contributed by atoms with Crippen molar-refractivity contribution in [2.45, 2.75) is 13.0 Å². The first-order valence-corrected chi connectivity index (χ1v) is 5.54. The van der Waals surface area contributed by atoms with E-state index in [1.807, 2.05) is 23.7 Å². The fourth-order valence-electron chi connectivity index (χ4n) is 1.49. The average molecular weight is 251 g/mol. The molecule has 6 nitrogen and oxygen atoms in total. The van der Waals surface area contributed by atoms with Crippen LogP contribution in [0.2, 0.25) is 0 Å². The van der Waals surface area contributed by atoms with Crippen LogP contribution in [0.5, 0.6) is 0 Å². The minimum atomic E-state index is -0.355. The molecule has 1 atom stereocenters. The van der Waals surface area contributed by atoms with Crippen LogP contribution in [-0.2, 0) is 9.59 Å². The number of likely N-dealkylation sites (N-methyl/N-ethyl adjacent to an activating group) is 1. The molecule has 0 bridgehead atoms. The molecule has 1 aromatic carbocycles. The van der Waals surface area contributed by atoms with Crippen molar-refractivity contribution >= 4 is 17.5 Å². The van der Waals surface area contributed by atoms with Gasteiger partial charge in [-0.1, -0.05) is 18.2 Å². The standard InChI is InChI=1S/C6H10N2O2.C6H7NO/c1-4-6(10)8(2)3-5(9)7-4;8-7-6-4-2-1-3-5-6/h4H,3H2,1-2H3,(H,7,9);1-5,7-8H. The van der Waals surface area contributed by atoms with Gasteiger partial charge in [0.25, 0.3) is 0 Å². The van der Waals surface area contributed by atoms with E-state index >= 15 is 0 Å². The maximum Gasteiger partial charge on any atom is 0.245 e. The Labute approximate surface area is 106 Å². The molecule has 0 aliphatic carbocycles. The molecule has 1 saturated heterocycles. The quantitative estimate of drug-likeness (QED) is 0.633. The molecule has 0 aromatic heterocycles. The molecule has 1 aliphatic rings. The van der Waals surface area contributed by atoms with Crippen molar-refractivity contribution < 1.29 is 14.8 Å². The third-order valence-corrected chi connectivity index (χ3v) is 2.41. The molecule has 1 heterocycles. The third kappa shape index (κ3) is 4.06. The van der Waals surface area contributed by atoms with Crippen molar-refractivity contribution in [1.82, 2.24) is 10.2 Å². The second kappa shape index (κ2) is 6.61. The van der Waals surface area contributed by atoms with Gasteiger partial charge in [0.2, 0.25) is 11.8 Å². The zero-order chi connectivity index (χ0) is 13.5. The highest BCUT2D eigenvalue weighted by atomic mass is 16.5. The lowest BCUT2D eigenvalue weighted by molar-refractivity contribution is -0.142. The number of amides is 2. The summed E-state index contributed by atoms with van der Waals surface area (Å²) in [5, 5.41) is 10.8. The molecule has 1 aromatic rings. The van der Waals surface area contributed by atoms with Crippen LogP contribution in [0.1, 0.15) is 6.92 Å². The molecule has 0 saturated carbocycles. The molecule has 6 heteroatoms. The fourth-order valence-corrected chi connectivity index (χ4v) is 1.49. The second-order valence-corrected chi connectivity index (χ2v) is 3.96. The minimum Gasteiger partial charge on any atom is -0.343 e. The van der Waals surface area contributed by atoms with Gasteiger partial charge in [0.05, 0.1) is 12.2 Å². The first kappa shape index (κ1) is 14.0. The Morgan fingerprint density at radius 3 is 2.39 bits per heavy atom. The van der Waals surface area contributed by atoms with Crippen molar-refractivity contribution in [1.29, 1.82) is 0 Å². The molecule has 98 valence electrons. The third-order valence-electron chi connectivity index (χ3n) is 2.41. The first-order chi connectivity index (χ1) is 8.54. The molecule has 3 N–H and O–H groups in total. The van der Waals surface area contributed by atoms with Crippen molar-refractivity contribution in [3.63, 3.8) is 0 Å². The number of nitrogens with zero attached hydrogens (tertiary/aromatic N) is 1. The van der Waals surface area contributed by atoms with E-state index in [9.17, 15) is 9.59 Å². The Balaban J connectivity index is 0.000000184. The molecule has 2 amide bonds. The number of para-hydroxylation sites is 1. The van der Waals surface area contributed by atoms with Crippen molar-refractivity contribution in [2.75, 3.05) is 19.1 Å². The summed E-state index contributed by atoms with van der Waals surface area (Å²) in [5.74, 6) is -0.116. The molecule has 1 aliphatic heterocycles. The summed E-state index contributed by atoms with van der Waals surface area (Å²) in [4.78, 5) is 23.1. The minimum absolute atomic E-state index is 0.0281. The van der Waals surface area contributed by atoms with Gasteiger partial charge in [0.15, 0.2) is 0 Å². The largest absolute Gasteiger partial charge is 0.343 e. The maximum absolute atomic E-state index is 11.0. The number of carbonyl (C=O) groups excluding carboxylic acids is 2. The van der Waals surface area contributed by atoms with E-state index in [0.29, 0.717) is 5.69 Å². The Hall–Kier alpha value is -2.08. The summed E-state index contributed by atoms with van der Waals surface area (Å²) in [6.45, 7) is 1.86. The molecular formula is C12H17N3O3. The smallest absolute Gasteiger partial charge is 0.245 e. The van der Waals surface area contributed by atoms with E-state index in [0.717, 1.165) is 0 Å². The van der Waals surface area contributed by atoms with Gasteiger partial charge in [0.1, 0.15) is 6.04 Å². The van der Waals surface area contributed by atoms with E-state index in [4.69, 9.17) is 5.21 Å². The molecular weight excluding hydrogens is 234 g/mol. The van der Waals surface area contributed by atoms with Crippen LogP contribution in [0.15, 0.2) is 30.3 Å². The lowest BCUT2D eigenvalue weighted by atomic mass is 10.2. The number of anilines is 1. The number of carbonyl (C=O) groups is 2. The van der Waals surface area contributed by atoms with Crippen molar-refractivity contribution in [3.05, 3.63) is 30.3 Å². The van der Waals surface area contributed by atoms with E-state index < -0.39 is 0 Å². The highest BCUT2D eigenvalue weighted by Gasteiger charge is 2.25. The van der Waals surface area contributed by atoms with Gasteiger partial charge in [-0.2, -0.15) is 0 Å². The van der Waals surface area contributed by atoms with Gasteiger partial charge >= 0.3 is 0 Å². The number of benzene rings is 1. The lowest BCUT2D eigenvalue weighted by Crippen LogP contribution is -2.55. The zero-order valence-electron chi connectivity index (χ0n) is 10.4. The van der Waals surface area contributed by atoms with Gasteiger partial charge < -0.3 is 10.2 Å². The highest BCUT2D eigenvalue weighted by Crippen LogP contribution is 2.01. The predicted molar refractivity (Wildman–Crippen MR) is 67.1 cm³/mol. The summed E-state index contributed by atoms with van der Waals surface area (Å²) in [6, 6.07) is 8.78. The van der Waals surface area contributed by atoms with Crippen LogP contribution < -0.4 is 10.8 Å². The van der Waals surface area contributed by atoms with Gasteiger partial charge in [-0.25, -0.2) is 0 Å². The van der Waals surface area contributed by atoms with Crippen LogP contribution >= 0.6 is 0 Å². The molecule has 2 rings (SSSR count). The van der Waals surface area contributed by atoms with Crippen molar-refractivity contribution in [3.8, 4) is 0 Å². The normalized spacial score (nSPS) is 18.6. The summed E-state index contributed by atoms with van der Waals surface area (Å²) in [7, 11) is 1.62. The van der Waals surface area contributed by atoms with E-state index in [1.54, 1.807) is 26.1 Å². The van der Waals surface area contributed by atoms with Crippen LogP contribution in [-0.4, -0.2) is 41.6 Å². The Bertz CT molecular complexity index is 392. The molecule has 1 fully saturated rings. The molecule has 0 radical (unpaired) electrons. The van der Waals surface area contributed by atoms with Gasteiger partial charge in [-0.15, -0.1) is 0 Å². The summed E-state index contributed by atoms with van der Waals surface area (Å²) in [6.07, 6.45) is 0. The number of hydrogen-bond donors (Lipinski definition) is 3. The van der Waals surface area contributed by atoms with Gasteiger partial charge in [-0.05, 0) is 19.1 Å². The van der Waals surface area contributed by atoms with E-state index in [-0.39, 0.29) is 24.4 Å². The fraction of sp³-hybridized carbons (Fsp3) is 0.333.